The molecule has 0 saturated carbocycles. The summed E-state index contributed by atoms with van der Waals surface area (Å²) in [5, 5.41) is 64.1. The third-order valence-corrected chi connectivity index (χ3v) is 6.00. The van der Waals surface area contributed by atoms with Crippen LogP contribution in [0.25, 0.3) is 0 Å². The lowest BCUT2D eigenvalue weighted by molar-refractivity contribution is -0.509. The number of amides is 2. The van der Waals surface area contributed by atoms with Gasteiger partial charge in [0.15, 0.2) is 0 Å². The van der Waals surface area contributed by atoms with Crippen LogP contribution >= 0.6 is 11.6 Å². The van der Waals surface area contributed by atoms with Gasteiger partial charge in [-0.05, 0) is 30.4 Å². The number of hydrogen-bond acceptors (Lipinski definition) is 10. The summed E-state index contributed by atoms with van der Waals surface area (Å²) < 4.78 is 0. The van der Waals surface area contributed by atoms with Crippen molar-refractivity contribution in [1.82, 2.24) is 20.2 Å². The number of carbonyl (C=O) groups is 1. The predicted octanol–water partition coefficient (Wildman–Crippen LogP) is -1.93. The summed E-state index contributed by atoms with van der Waals surface area (Å²) in [7, 11) is 0. The molecule has 13 heteroatoms. The molecule has 0 aromatic heterocycles. The zero-order valence-corrected chi connectivity index (χ0v) is 17.5. The first-order valence-electron chi connectivity index (χ1n) is 9.80. The Morgan fingerprint density at radius 1 is 0.969 bits per heavy atom. The van der Waals surface area contributed by atoms with Gasteiger partial charge in [-0.3, -0.25) is 4.90 Å². The van der Waals surface area contributed by atoms with Crippen molar-refractivity contribution < 1.29 is 35.4 Å². The van der Waals surface area contributed by atoms with Gasteiger partial charge in [0.2, 0.25) is 0 Å². The van der Waals surface area contributed by atoms with Gasteiger partial charge >= 0.3 is 17.7 Å². The summed E-state index contributed by atoms with van der Waals surface area (Å²) in [5.41, 5.74) is 3.18. The van der Waals surface area contributed by atoms with Crippen molar-refractivity contribution in [3.63, 3.8) is 0 Å². The number of piperazine rings is 1. The molecule has 0 bridgehead atoms. The molecule has 3 aliphatic heterocycles. The topological polar surface area (TPSA) is 163 Å². The minimum absolute atomic E-state index is 0.0833. The van der Waals surface area contributed by atoms with E-state index in [0.717, 1.165) is 15.5 Å². The summed E-state index contributed by atoms with van der Waals surface area (Å²) in [4.78, 5) is 16.3. The van der Waals surface area contributed by atoms with Gasteiger partial charge in [0.25, 0.3) is 5.91 Å². The Morgan fingerprint density at radius 2 is 1.66 bits per heavy atom. The maximum atomic E-state index is 12.5. The number of hydrogen-bond donors (Lipinski definition) is 7. The number of hydrazine groups is 1. The molecule has 1 aromatic rings. The molecule has 174 valence electrons. The van der Waals surface area contributed by atoms with Crippen molar-refractivity contribution in [2.24, 2.45) is 0 Å². The number of rotatable bonds is 5. The second-order valence-electron chi connectivity index (χ2n) is 7.72. The smallest absolute Gasteiger partial charge is 0.344 e. The van der Waals surface area contributed by atoms with E-state index in [4.69, 9.17) is 11.6 Å². The lowest BCUT2D eigenvalue weighted by atomic mass is 10.1. The number of nitrogens with one attached hydrogen (secondary N) is 1. The maximum absolute atomic E-state index is 12.5. The van der Waals surface area contributed by atoms with Crippen LogP contribution < -0.4 is 10.3 Å². The third-order valence-electron chi connectivity index (χ3n) is 5.77. The van der Waals surface area contributed by atoms with Gasteiger partial charge in [-0.15, -0.1) is 0 Å². The van der Waals surface area contributed by atoms with E-state index in [0.29, 0.717) is 5.02 Å². The van der Waals surface area contributed by atoms with E-state index in [2.05, 4.69) is 5.43 Å². The molecule has 0 radical (unpaired) electrons. The van der Waals surface area contributed by atoms with Crippen molar-refractivity contribution in [3.8, 4) is 0 Å². The lowest BCUT2D eigenvalue weighted by Gasteiger charge is -2.50. The van der Waals surface area contributed by atoms with E-state index < -0.39 is 29.8 Å². The van der Waals surface area contributed by atoms with Crippen LogP contribution in [0.4, 0.5) is 10.5 Å². The standard InChI is InChI=1S/C19H24ClN5O7/c20-13-4-3-5-14(12-13)22-8-10-23(11-9-22)18(29,30)17(27,28)19(31,32)25-16(26)24-7-2-1-6-15(24)21-25/h1-7,12,15,21,27-32H,8-11H2. The Labute approximate surface area is 188 Å². The normalized spacial score (nSPS) is 22.7. The molecular weight excluding hydrogens is 446 g/mol. The Bertz CT molecular complexity index is 946. The molecule has 1 atom stereocenters. The number of aliphatic hydroxyl groups is 6. The molecule has 0 spiro atoms. The number of halogens is 1. The Kier molecular flexibility index (Phi) is 5.69. The molecule has 12 nitrogen and oxygen atoms in total. The van der Waals surface area contributed by atoms with Crippen molar-refractivity contribution in [2.45, 2.75) is 23.8 Å². The summed E-state index contributed by atoms with van der Waals surface area (Å²) in [5.74, 6) is -11.4. The fraction of sp³-hybridized carbons (Fsp3) is 0.421. The van der Waals surface area contributed by atoms with E-state index in [1.165, 1.54) is 18.4 Å². The molecule has 32 heavy (non-hydrogen) atoms. The summed E-state index contributed by atoms with van der Waals surface area (Å²) >= 11 is 6.01. The van der Waals surface area contributed by atoms with Gasteiger partial charge in [0.1, 0.15) is 6.17 Å². The van der Waals surface area contributed by atoms with Crippen LogP contribution in [0, 0.1) is 0 Å². The molecule has 7 N–H and O–H groups in total. The molecule has 2 fully saturated rings. The first-order chi connectivity index (χ1) is 15.0. The van der Waals surface area contributed by atoms with Crippen LogP contribution in [0.5, 0.6) is 0 Å². The van der Waals surface area contributed by atoms with Gasteiger partial charge < -0.3 is 35.5 Å². The lowest BCUT2D eigenvalue weighted by Crippen LogP contribution is -2.80. The van der Waals surface area contributed by atoms with E-state index in [1.807, 2.05) is 11.0 Å². The van der Waals surface area contributed by atoms with Crippen LogP contribution in [0.3, 0.4) is 0 Å². The quantitative estimate of drug-likeness (QED) is 0.242. The summed E-state index contributed by atoms with van der Waals surface area (Å²) in [6.45, 7) is 0.325. The third kappa shape index (κ3) is 3.55. The second-order valence-corrected chi connectivity index (χ2v) is 8.16. The predicted molar refractivity (Wildman–Crippen MR) is 111 cm³/mol. The largest absolute Gasteiger partial charge is 0.369 e. The fourth-order valence-electron chi connectivity index (χ4n) is 3.86. The van der Waals surface area contributed by atoms with E-state index in [1.54, 1.807) is 24.3 Å². The molecule has 2 amide bonds. The Morgan fingerprint density at radius 3 is 2.28 bits per heavy atom. The molecule has 1 unspecified atom stereocenters. The Balaban J connectivity index is 1.50. The van der Waals surface area contributed by atoms with Gasteiger partial charge in [-0.1, -0.05) is 23.7 Å². The highest BCUT2D eigenvalue weighted by Gasteiger charge is 2.69. The SMILES string of the molecule is O=C1N2C=CC=CC2NN1C(O)(O)C(O)(O)C(O)(O)N1CCN(c2cccc(Cl)c2)CC1. The number of carbonyl (C=O) groups excluding carboxylic acids is 1. The van der Waals surface area contributed by atoms with E-state index >= 15 is 0 Å². The molecule has 2 saturated heterocycles. The molecule has 1 aromatic carbocycles. The van der Waals surface area contributed by atoms with Crippen molar-refractivity contribution in [1.29, 1.82) is 0 Å². The van der Waals surface area contributed by atoms with Crippen LogP contribution in [0.2, 0.25) is 5.02 Å². The van der Waals surface area contributed by atoms with E-state index in [-0.39, 0.29) is 31.2 Å². The minimum atomic E-state index is -4.00. The molecule has 3 heterocycles. The van der Waals surface area contributed by atoms with Crippen LogP contribution in [-0.4, -0.2) is 101 Å². The summed E-state index contributed by atoms with van der Waals surface area (Å²) in [6.07, 6.45) is 5.13. The highest BCUT2D eigenvalue weighted by Crippen LogP contribution is 2.36. The average molecular weight is 470 g/mol. The first-order valence-corrected chi connectivity index (χ1v) is 10.2. The number of urea groups is 1. The molecule has 3 aliphatic rings. The van der Waals surface area contributed by atoms with Gasteiger partial charge in [-0.2, -0.15) is 10.4 Å². The fourth-order valence-corrected chi connectivity index (χ4v) is 4.05. The van der Waals surface area contributed by atoms with Gasteiger partial charge in [0, 0.05) is 43.1 Å². The number of fused-ring (bicyclic) bond motifs is 1. The van der Waals surface area contributed by atoms with Crippen molar-refractivity contribution >= 4 is 23.3 Å². The van der Waals surface area contributed by atoms with Crippen LogP contribution in [-0.2, 0) is 0 Å². The zero-order valence-electron chi connectivity index (χ0n) is 16.8. The van der Waals surface area contributed by atoms with Crippen molar-refractivity contribution in [2.75, 3.05) is 31.1 Å². The minimum Gasteiger partial charge on any atom is -0.369 e. The number of nitrogens with zero attached hydrogens (tertiary/aromatic N) is 4. The van der Waals surface area contributed by atoms with Gasteiger partial charge in [0.05, 0.1) is 0 Å². The second kappa shape index (κ2) is 7.95. The van der Waals surface area contributed by atoms with E-state index in [9.17, 15) is 35.4 Å². The highest BCUT2D eigenvalue weighted by atomic mass is 35.5. The number of allylic oxidation sites excluding steroid dienone is 2. The molecular formula is C19H24ClN5O7. The zero-order chi connectivity index (χ0) is 23.3. The molecule has 4 rings (SSSR count). The molecule has 0 aliphatic carbocycles. The van der Waals surface area contributed by atoms with Gasteiger partial charge in [-0.25, -0.2) is 9.69 Å². The average Bonchev–Trinajstić information content (AvgIpc) is 3.11. The number of benzene rings is 1. The van der Waals surface area contributed by atoms with Crippen LogP contribution in [0.1, 0.15) is 0 Å². The van der Waals surface area contributed by atoms with Crippen molar-refractivity contribution in [3.05, 3.63) is 53.7 Å². The first kappa shape index (κ1) is 22.9. The highest BCUT2D eigenvalue weighted by molar-refractivity contribution is 6.30. The Hall–Kier alpha value is -2.26. The summed E-state index contributed by atoms with van der Waals surface area (Å²) in [6, 6.07) is 5.99. The maximum Gasteiger partial charge on any atom is 0.344 e. The number of anilines is 1. The monoisotopic (exact) mass is 469 g/mol. The van der Waals surface area contributed by atoms with Crippen LogP contribution in [0.15, 0.2) is 48.7 Å².